The Morgan fingerprint density at radius 3 is 1.83 bits per heavy atom. The van der Waals surface area contributed by atoms with Crippen molar-refractivity contribution in [2.45, 2.75) is 6.04 Å². The summed E-state index contributed by atoms with van der Waals surface area (Å²) in [5.74, 6) is 0. The van der Waals surface area contributed by atoms with Gasteiger partial charge in [0.1, 0.15) is 0 Å². The summed E-state index contributed by atoms with van der Waals surface area (Å²) in [6.07, 6.45) is 0. The quantitative estimate of drug-likeness (QED) is 0.358. The van der Waals surface area contributed by atoms with Crippen molar-refractivity contribution in [2.24, 2.45) is 16.5 Å². The van der Waals surface area contributed by atoms with E-state index in [0.29, 0.717) is 6.54 Å². The van der Waals surface area contributed by atoms with Crippen LogP contribution in [0.3, 0.4) is 0 Å². The van der Waals surface area contributed by atoms with Crippen molar-refractivity contribution in [1.82, 2.24) is 0 Å². The second-order valence-electron chi connectivity index (χ2n) is 1.24. The largest absolute Gasteiger partial charge is 0.342 e. The number of rotatable bonds is 2. The third-order valence-corrected chi connectivity index (χ3v) is 1.50. The molecule has 6 N–H and O–H groups in total. The molecule has 0 bridgehead atoms. The minimum absolute atomic E-state index is 0.643. The van der Waals surface area contributed by atoms with E-state index in [1.165, 1.54) is 0 Å². The summed E-state index contributed by atoms with van der Waals surface area (Å²) >= 11 is 0. The second kappa shape index (κ2) is 3.29. The first kappa shape index (κ1) is 6.10. The van der Waals surface area contributed by atoms with Crippen LogP contribution in [0.1, 0.15) is 0 Å². The van der Waals surface area contributed by atoms with Crippen molar-refractivity contribution in [3.8, 4) is 0 Å². The maximum absolute atomic E-state index is 5.24. The molecule has 0 atom stereocenters. The summed E-state index contributed by atoms with van der Waals surface area (Å²) in [6.45, 7) is 0.643. The second-order valence-corrected chi connectivity index (χ2v) is 3.15. The third-order valence-electron chi connectivity index (χ3n) is 0.500. The molecule has 0 unspecified atom stereocenters. The SMILES string of the molecule is NCC[SiH](N)N. The molecule has 3 nitrogen and oxygen atoms in total. The third kappa shape index (κ3) is 4.10. The average molecular weight is 105 g/mol. The molecule has 0 aliphatic carbocycles. The fourth-order valence-electron chi connectivity index (χ4n) is 0.192. The highest BCUT2D eigenvalue weighted by molar-refractivity contribution is 6.51. The van der Waals surface area contributed by atoms with Crippen molar-refractivity contribution < 1.29 is 0 Å². The molecular formula is C2H11N3Si. The molecule has 0 aliphatic rings. The summed E-state index contributed by atoms with van der Waals surface area (Å²) in [4.78, 5) is 0. The van der Waals surface area contributed by atoms with Gasteiger partial charge in [-0.2, -0.15) is 0 Å². The van der Waals surface area contributed by atoms with Gasteiger partial charge in [0.05, 0.1) is 0 Å². The van der Waals surface area contributed by atoms with Gasteiger partial charge in [-0.05, 0) is 12.6 Å². The number of hydrogen-bond donors (Lipinski definition) is 3. The molecular weight excluding hydrogens is 94.1 g/mol. The van der Waals surface area contributed by atoms with E-state index in [4.69, 9.17) is 16.5 Å². The molecule has 0 fully saturated rings. The fraction of sp³-hybridized carbons (Fsp3) is 1.00. The average Bonchev–Trinajstić information content (AvgIpc) is 1.35. The summed E-state index contributed by atoms with van der Waals surface area (Å²) < 4.78 is 0. The molecule has 4 heteroatoms. The molecule has 0 aromatic rings. The minimum atomic E-state index is -1.30. The van der Waals surface area contributed by atoms with Gasteiger partial charge >= 0.3 is 0 Å². The first-order valence-electron chi connectivity index (χ1n) is 1.98. The van der Waals surface area contributed by atoms with E-state index in [1.807, 2.05) is 0 Å². The van der Waals surface area contributed by atoms with Crippen LogP contribution in [-0.2, 0) is 0 Å². The van der Waals surface area contributed by atoms with Crippen LogP contribution in [0.4, 0.5) is 0 Å². The van der Waals surface area contributed by atoms with Gasteiger partial charge in [-0.1, -0.05) is 0 Å². The molecule has 0 amide bonds. The van der Waals surface area contributed by atoms with Crippen molar-refractivity contribution in [3.05, 3.63) is 0 Å². The molecule has 0 saturated carbocycles. The maximum atomic E-state index is 5.24. The van der Waals surface area contributed by atoms with Crippen LogP contribution in [0.25, 0.3) is 0 Å². The molecule has 6 heavy (non-hydrogen) atoms. The molecule has 0 aromatic carbocycles. The Morgan fingerprint density at radius 1 is 1.33 bits per heavy atom. The van der Waals surface area contributed by atoms with Gasteiger partial charge in [0.15, 0.2) is 9.12 Å². The van der Waals surface area contributed by atoms with Crippen molar-refractivity contribution in [3.63, 3.8) is 0 Å². The van der Waals surface area contributed by atoms with Crippen molar-refractivity contribution in [1.29, 1.82) is 0 Å². The van der Waals surface area contributed by atoms with Gasteiger partial charge in [-0.25, -0.2) is 0 Å². The molecule has 0 saturated heterocycles. The molecule has 0 heterocycles. The standard InChI is InChI=1S/C2H11N3Si/c3-1-2-6(4)5/h6H,1-5H2. The topological polar surface area (TPSA) is 78.1 Å². The first-order valence-corrected chi connectivity index (χ1v) is 4.13. The first-order chi connectivity index (χ1) is 2.77. The Morgan fingerprint density at radius 2 is 1.83 bits per heavy atom. The van der Waals surface area contributed by atoms with E-state index in [1.54, 1.807) is 0 Å². The molecule has 0 spiro atoms. The lowest BCUT2D eigenvalue weighted by Gasteiger charge is -1.94. The molecule has 0 radical (unpaired) electrons. The van der Waals surface area contributed by atoms with E-state index >= 15 is 0 Å². The van der Waals surface area contributed by atoms with Crippen molar-refractivity contribution in [2.75, 3.05) is 6.54 Å². The summed E-state index contributed by atoms with van der Waals surface area (Å²) in [6, 6.07) is 0.847. The maximum Gasteiger partial charge on any atom is 0.180 e. The van der Waals surface area contributed by atoms with Gasteiger partial charge < -0.3 is 16.5 Å². The van der Waals surface area contributed by atoms with E-state index in [2.05, 4.69) is 0 Å². The highest BCUT2D eigenvalue weighted by Gasteiger charge is 1.89. The Bertz CT molecular complexity index is 30.0. The van der Waals surface area contributed by atoms with Crippen molar-refractivity contribution >= 4 is 9.12 Å². The van der Waals surface area contributed by atoms with Crippen LogP contribution in [0.2, 0.25) is 6.04 Å². The van der Waals surface area contributed by atoms with Crippen LogP contribution in [0, 0.1) is 0 Å². The van der Waals surface area contributed by atoms with Crippen LogP contribution in [0.15, 0.2) is 0 Å². The normalized spacial score (nSPS) is 10.0. The lowest BCUT2D eigenvalue weighted by atomic mass is 10.8. The Balaban J connectivity index is 2.63. The van der Waals surface area contributed by atoms with E-state index in [0.717, 1.165) is 6.04 Å². The van der Waals surface area contributed by atoms with Gasteiger partial charge in [0, 0.05) is 0 Å². The van der Waals surface area contributed by atoms with Crippen LogP contribution >= 0.6 is 0 Å². The Kier molecular flexibility index (Phi) is 3.35. The van der Waals surface area contributed by atoms with Crippen LogP contribution in [-0.4, -0.2) is 15.7 Å². The minimum Gasteiger partial charge on any atom is -0.342 e. The number of nitrogens with two attached hydrogens (primary N) is 3. The molecule has 0 rings (SSSR count). The Hall–Kier alpha value is 0.0969. The lowest BCUT2D eigenvalue weighted by Crippen LogP contribution is -2.38. The summed E-state index contributed by atoms with van der Waals surface area (Å²) in [5.41, 5.74) is 5.10. The smallest absolute Gasteiger partial charge is 0.180 e. The lowest BCUT2D eigenvalue weighted by molar-refractivity contribution is 1.10. The zero-order chi connectivity index (χ0) is 4.99. The van der Waals surface area contributed by atoms with Crippen LogP contribution < -0.4 is 16.5 Å². The summed E-state index contributed by atoms with van der Waals surface area (Å²) in [5, 5.41) is 10.5. The van der Waals surface area contributed by atoms with Gasteiger partial charge in [-0.3, -0.25) is 0 Å². The highest BCUT2D eigenvalue weighted by Crippen LogP contribution is 1.66. The van der Waals surface area contributed by atoms with Gasteiger partial charge in [0.25, 0.3) is 0 Å². The van der Waals surface area contributed by atoms with Gasteiger partial charge in [0.2, 0.25) is 0 Å². The van der Waals surface area contributed by atoms with Gasteiger partial charge in [-0.15, -0.1) is 0 Å². The fourth-order valence-corrected chi connectivity index (χ4v) is 0.577. The zero-order valence-electron chi connectivity index (χ0n) is 3.72. The van der Waals surface area contributed by atoms with Crippen LogP contribution in [0.5, 0.6) is 0 Å². The predicted octanol–water partition coefficient (Wildman–Crippen LogP) is -1.92. The highest BCUT2D eigenvalue weighted by atomic mass is 28.3. The molecule has 0 aromatic heterocycles. The monoisotopic (exact) mass is 105 g/mol. The van der Waals surface area contributed by atoms with E-state index < -0.39 is 9.12 Å². The zero-order valence-corrected chi connectivity index (χ0v) is 4.88. The molecule has 0 aliphatic heterocycles. The predicted molar refractivity (Wildman–Crippen MR) is 29.4 cm³/mol. The van der Waals surface area contributed by atoms with E-state index in [-0.39, 0.29) is 0 Å². The molecule has 38 valence electrons. The Labute approximate surface area is 39.3 Å². The van der Waals surface area contributed by atoms with E-state index in [9.17, 15) is 0 Å². The number of hydrogen-bond acceptors (Lipinski definition) is 3. The summed E-state index contributed by atoms with van der Waals surface area (Å²) in [7, 11) is -1.30.